The average Bonchev–Trinajstić information content (AvgIpc) is 2.78. The summed E-state index contributed by atoms with van der Waals surface area (Å²) in [5.41, 5.74) is -0.296. The number of ether oxygens (including phenoxy) is 1. The van der Waals surface area contributed by atoms with E-state index in [1.165, 1.54) is 49.3 Å². The number of alkyl halides is 3. The summed E-state index contributed by atoms with van der Waals surface area (Å²) >= 11 is 0. The first kappa shape index (κ1) is 23.9. The molecule has 11 heteroatoms. The van der Waals surface area contributed by atoms with Crippen LogP contribution in [-0.4, -0.2) is 58.6 Å². The molecule has 1 heterocycles. The van der Waals surface area contributed by atoms with E-state index in [-0.39, 0.29) is 18.0 Å². The molecule has 7 nitrogen and oxygen atoms in total. The molecule has 1 aliphatic heterocycles. The second kappa shape index (κ2) is 9.37. The van der Waals surface area contributed by atoms with Crippen LogP contribution >= 0.6 is 0 Å². The van der Waals surface area contributed by atoms with Crippen molar-refractivity contribution in [3.63, 3.8) is 0 Å². The van der Waals surface area contributed by atoms with Crippen molar-refractivity contribution in [2.75, 3.05) is 38.2 Å². The normalized spacial score (nSPS) is 16.0. The molecule has 1 saturated heterocycles. The van der Waals surface area contributed by atoms with Crippen molar-refractivity contribution in [2.45, 2.75) is 24.0 Å². The number of hydrogen-bond acceptors (Lipinski definition) is 5. The molecule has 0 radical (unpaired) electrons. The minimum atomic E-state index is -4.43. The molecule has 1 atom stereocenters. The SMILES string of the molecule is COc1ccc(S(=O)(=O)N[C@H](C)C(=O)N2CCN(c3cccc(C(F)(F)F)c3)CC2)cc1. The zero-order valence-corrected chi connectivity index (χ0v) is 18.4. The van der Waals surface area contributed by atoms with Crippen molar-refractivity contribution < 1.29 is 31.1 Å². The summed E-state index contributed by atoms with van der Waals surface area (Å²) in [5, 5.41) is 0. The molecule has 3 rings (SSSR count). The van der Waals surface area contributed by atoms with Gasteiger partial charge in [0.05, 0.1) is 23.6 Å². The fourth-order valence-electron chi connectivity index (χ4n) is 3.44. The Morgan fingerprint density at radius 2 is 1.69 bits per heavy atom. The largest absolute Gasteiger partial charge is 0.497 e. The van der Waals surface area contributed by atoms with E-state index in [0.717, 1.165) is 12.1 Å². The van der Waals surface area contributed by atoms with Gasteiger partial charge < -0.3 is 14.5 Å². The van der Waals surface area contributed by atoms with Gasteiger partial charge in [0.25, 0.3) is 0 Å². The molecule has 0 saturated carbocycles. The molecule has 0 spiro atoms. The minimum Gasteiger partial charge on any atom is -0.497 e. The fraction of sp³-hybridized carbons (Fsp3) is 0.381. The summed E-state index contributed by atoms with van der Waals surface area (Å²) in [6.07, 6.45) is -4.43. The second-order valence-electron chi connectivity index (χ2n) is 7.38. The van der Waals surface area contributed by atoms with Crippen molar-refractivity contribution >= 4 is 21.6 Å². The molecule has 174 valence electrons. The first-order chi connectivity index (χ1) is 15.0. The van der Waals surface area contributed by atoms with Crippen LogP contribution < -0.4 is 14.4 Å². The average molecular weight is 472 g/mol. The van der Waals surface area contributed by atoms with Crippen molar-refractivity contribution in [3.05, 3.63) is 54.1 Å². The molecular weight excluding hydrogens is 447 g/mol. The first-order valence-corrected chi connectivity index (χ1v) is 11.4. The third-order valence-corrected chi connectivity index (χ3v) is 6.76. The fourth-order valence-corrected chi connectivity index (χ4v) is 4.64. The Morgan fingerprint density at radius 1 is 1.06 bits per heavy atom. The Kier molecular flexibility index (Phi) is 6.99. The lowest BCUT2D eigenvalue weighted by Crippen LogP contribution is -2.54. The number of piperazine rings is 1. The predicted octanol–water partition coefficient (Wildman–Crippen LogP) is 2.73. The maximum Gasteiger partial charge on any atom is 0.416 e. The maximum absolute atomic E-state index is 13.0. The number of benzene rings is 2. The zero-order chi connectivity index (χ0) is 23.5. The summed E-state index contributed by atoms with van der Waals surface area (Å²) in [4.78, 5) is 16.0. The highest BCUT2D eigenvalue weighted by molar-refractivity contribution is 7.89. The van der Waals surface area contributed by atoms with Crippen LogP contribution in [-0.2, 0) is 21.0 Å². The van der Waals surface area contributed by atoms with Crippen LogP contribution in [0.5, 0.6) is 5.75 Å². The van der Waals surface area contributed by atoms with E-state index in [0.29, 0.717) is 24.5 Å². The number of anilines is 1. The van der Waals surface area contributed by atoms with Crippen LogP contribution in [0.15, 0.2) is 53.4 Å². The first-order valence-electron chi connectivity index (χ1n) is 9.88. The van der Waals surface area contributed by atoms with Crippen LogP contribution in [0, 0.1) is 0 Å². The molecule has 0 aliphatic carbocycles. The number of carbonyl (C=O) groups is 1. The van der Waals surface area contributed by atoms with Gasteiger partial charge in [0.15, 0.2) is 0 Å². The molecule has 2 aromatic rings. The van der Waals surface area contributed by atoms with Crippen LogP contribution in [0.3, 0.4) is 0 Å². The number of methoxy groups -OCH3 is 1. The smallest absolute Gasteiger partial charge is 0.416 e. The van der Waals surface area contributed by atoms with Crippen LogP contribution in [0.2, 0.25) is 0 Å². The number of amides is 1. The molecule has 2 aromatic carbocycles. The summed E-state index contributed by atoms with van der Waals surface area (Å²) in [6.45, 7) is 2.67. The monoisotopic (exact) mass is 471 g/mol. The van der Waals surface area contributed by atoms with Crippen molar-refractivity contribution in [3.8, 4) is 5.75 Å². The molecule has 1 aliphatic rings. The number of nitrogens with zero attached hydrogens (tertiary/aromatic N) is 2. The Balaban J connectivity index is 1.60. The van der Waals surface area contributed by atoms with Gasteiger partial charge in [-0.05, 0) is 49.4 Å². The van der Waals surface area contributed by atoms with E-state index in [2.05, 4.69) is 4.72 Å². The Hall–Kier alpha value is -2.79. The van der Waals surface area contributed by atoms with E-state index >= 15 is 0 Å². The van der Waals surface area contributed by atoms with E-state index in [9.17, 15) is 26.4 Å². The highest BCUT2D eigenvalue weighted by Gasteiger charge is 2.32. The highest BCUT2D eigenvalue weighted by atomic mass is 32.2. The van der Waals surface area contributed by atoms with Gasteiger partial charge in [-0.2, -0.15) is 17.9 Å². The Bertz CT molecular complexity index is 1050. The number of hydrogen-bond donors (Lipinski definition) is 1. The van der Waals surface area contributed by atoms with Crippen molar-refractivity contribution in [2.24, 2.45) is 0 Å². The number of halogens is 3. The molecule has 32 heavy (non-hydrogen) atoms. The van der Waals surface area contributed by atoms with Gasteiger partial charge >= 0.3 is 6.18 Å². The molecule has 1 amide bonds. The lowest BCUT2D eigenvalue weighted by molar-refractivity contribution is -0.137. The second-order valence-corrected chi connectivity index (χ2v) is 9.09. The summed E-state index contributed by atoms with van der Waals surface area (Å²) in [5.74, 6) is 0.109. The summed E-state index contributed by atoms with van der Waals surface area (Å²) < 4.78 is 71.4. The predicted molar refractivity (Wildman–Crippen MR) is 113 cm³/mol. The van der Waals surface area contributed by atoms with Crippen LogP contribution in [0.1, 0.15) is 12.5 Å². The summed E-state index contributed by atoms with van der Waals surface area (Å²) in [6, 6.07) is 9.83. The standard InChI is InChI=1S/C21H24F3N3O4S/c1-15(25-32(29,30)19-8-6-18(31-2)7-9-19)20(28)27-12-10-26(11-13-27)17-5-3-4-16(14-17)21(22,23)24/h3-9,14-15,25H,10-13H2,1-2H3/t15-/m1/s1. The molecular formula is C21H24F3N3O4S. The molecule has 1 fully saturated rings. The van der Waals surface area contributed by atoms with Gasteiger partial charge in [0, 0.05) is 31.9 Å². The Morgan fingerprint density at radius 3 is 2.25 bits per heavy atom. The summed E-state index contributed by atoms with van der Waals surface area (Å²) in [7, 11) is -2.44. The topological polar surface area (TPSA) is 78.9 Å². The number of sulfonamides is 1. The van der Waals surface area contributed by atoms with Crippen molar-refractivity contribution in [1.29, 1.82) is 0 Å². The van der Waals surface area contributed by atoms with E-state index in [1.807, 2.05) is 0 Å². The zero-order valence-electron chi connectivity index (χ0n) is 17.6. The third-order valence-electron chi connectivity index (χ3n) is 5.20. The molecule has 0 aromatic heterocycles. The van der Waals surface area contributed by atoms with Gasteiger partial charge in [0.1, 0.15) is 5.75 Å². The highest BCUT2D eigenvalue weighted by Crippen LogP contribution is 2.32. The maximum atomic E-state index is 13.0. The van der Waals surface area contributed by atoms with Crippen molar-refractivity contribution in [1.82, 2.24) is 9.62 Å². The number of rotatable bonds is 6. The molecule has 0 bridgehead atoms. The Labute approximate surface area is 184 Å². The van der Waals surface area contributed by atoms with E-state index in [1.54, 1.807) is 11.0 Å². The van der Waals surface area contributed by atoms with E-state index < -0.39 is 33.7 Å². The third kappa shape index (κ3) is 5.52. The van der Waals surface area contributed by atoms with Gasteiger partial charge in [-0.3, -0.25) is 4.79 Å². The van der Waals surface area contributed by atoms with E-state index in [4.69, 9.17) is 4.74 Å². The number of nitrogens with one attached hydrogen (secondary N) is 1. The lowest BCUT2D eigenvalue weighted by Gasteiger charge is -2.37. The van der Waals surface area contributed by atoms with Crippen LogP contribution in [0.25, 0.3) is 0 Å². The van der Waals surface area contributed by atoms with Gasteiger partial charge in [-0.15, -0.1) is 0 Å². The molecule has 0 unspecified atom stereocenters. The van der Waals surface area contributed by atoms with Crippen LogP contribution in [0.4, 0.5) is 18.9 Å². The molecule has 1 N–H and O–H groups in total. The van der Waals surface area contributed by atoms with Gasteiger partial charge in [0.2, 0.25) is 15.9 Å². The quantitative estimate of drug-likeness (QED) is 0.701. The van der Waals surface area contributed by atoms with Gasteiger partial charge in [-0.25, -0.2) is 8.42 Å². The minimum absolute atomic E-state index is 0.00677. The van der Waals surface area contributed by atoms with Gasteiger partial charge in [-0.1, -0.05) is 6.07 Å². The lowest BCUT2D eigenvalue weighted by atomic mass is 10.1. The number of carbonyl (C=O) groups excluding carboxylic acids is 1.